The van der Waals surface area contributed by atoms with Crippen LogP contribution < -0.4 is 0 Å². The van der Waals surface area contributed by atoms with Crippen molar-refractivity contribution < 1.29 is 124 Å². The second-order valence-corrected chi connectivity index (χ2v) is 2.19. The van der Waals surface area contributed by atoms with Crippen molar-refractivity contribution in [3.8, 4) is 0 Å². The molecule has 1 fully saturated rings. The molecule has 0 bridgehead atoms. The number of rotatable bonds is 0. The van der Waals surface area contributed by atoms with Gasteiger partial charge in [-0.3, -0.25) is 0 Å². The molecule has 1 aliphatic heterocycles. The molecule has 0 spiro atoms. The monoisotopic (exact) mass is 559 g/mol. The molecule has 1 aliphatic rings. The van der Waals surface area contributed by atoms with Crippen molar-refractivity contribution in [1.29, 1.82) is 0 Å². The van der Waals surface area contributed by atoms with Crippen LogP contribution in [-0.2, 0) is 124 Å². The molecule has 1 saturated heterocycles. The summed E-state index contributed by atoms with van der Waals surface area (Å²) in [6.45, 7) is 5.78. The van der Waals surface area contributed by atoms with Gasteiger partial charge >= 0.3 is 0 Å². The van der Waals surface area contributed by atoms with Gasteiger partial charge in [-0.2, -0.15) is 5.92 Å². The molecule has 6 heteroatoms. The molecule has 0 amide bonds. The van der Waals surface area contributed by atoms with Gasteiger partial charge < -0.3 is 18.1 Å². The van der Waals surface area contributed by atoms with E-state index in [1.165, 1.54) is 0 Å². The fourth-order valence-electron chi connectivity index (χ4n) is 0.794. The van der Waals surface area contributed by atoms with Crippen LogP contribution in [0.5, 0.6) is 0 Å². The van der Waals surface area contributed by atoms with Crippen molar-refractivity contribution in [1.82, 2.24) is 0 Å². The van der Waals surface area contributed by atoms with Crippen molar-refractivity contribution >= 4 is 7.85 Å². The summed E-state index contributed by atoms with van der Waals surface area (Å²) in [7, 11) is 5.40. The maximum Gasteiger partial charge on any atom is 0.0623 e. The number of ether oxygens (including phenoxy) is 1. The Balaban J connectivity index is -0.0000000800. The van der Waals surface area contributed by atoms with Crippen LogP contribution in [0.15, 0.2) is 0 Å². The van der Waals surface area contributed by atoms with Crippen LogP contribution in [0.1, 0.15) is 6.92 Å². The standard InChI is InChI=1S/C6H9BO.W.3Y/c1-4-3-6(7)8-5(4)2;;;;/h3-6H,2H2,1H3;;;;/q-2;;;;. The third-order valence-electron chi connectivity index (χ3n) is 1.41. The maximum absolute atomic E-state index is 5.40. The average molecular weight is 559 g/mol. The van der Waals surface area contributed by atoms with E-state index in [4.69, 9.17) is 12.6 Å². The minimum atomic E-state index is -0.188. The largest absolute Gasteiger partial charge is 0.450 e. The molecule has 0 aromatic rings. The van der Waals surface area contributed by atoms with E-state index >= 15 is 0 Å². The van der Waals surface area contributed by atoms with Gasteiger partial charge in [0.15, 0.2) is 0 Å². The summed E-state index contributed by atoms with van der Waals surface area (Å²) in [4.78, 5) is 0. The van der Waals surface area contributed by atoms with E-state index in [9.17, 15) is 0 Å². The van der Waals surface area contributed by atoms with Gasteiger partial charge in [0.2, 0.25) is 0 Å². The molecule has 0 aliphatic carbocycles. The molecular weight excluding hydrogens is 549 g/mol. The summed E-state index contributed by atoms with van der Waals surface area (Å²) >= 11 is 0. The van der Waals surface area contributed by atoms with Crippen LogP contribution in [0.3, 0.4) is 0 Å². The first-order valence-electron chi connectivity index (χ1n) is 2.79. The first-order chi connectivity index (χ1) is 3.70. The molecule has 1 heterocycles. The molecule has 12 heavy (non-hydrogen) atoms. The fraction of sp³-hybridized carbons (Fsp3) is 0.667. The Morgan fingerprint density at radius 1 is 1.33 bits per heavy atom. The zero-order valence-corrected chi connectivity index (χ0v) is 18.6. The molecule has 1 nitrogen and oxygen atoms in total. The maximum atomic E-state index is 5.40. The van der Waals surface area contributed by atoms with Crippen LogP contribution in [-0.4, -0.2) is 20.0 Å². The van der Waals surface area contributed by atoms with Crippen LogP contribution in [0.25, 0.3) is 0 Å². The Bertz CT molecular complexity index is 88.9. The van der Waals surface area contributed by atoms with Gasteiger partial charge in [-0.25, -0.2) is 0 Å². The van der Waals surface area contributed by atoms with E-state index in [0.29, 0.717) is 5.92 Å². The summed E-state index contributed by atoms with van der Waals surface area (Å²) in [6, 6.07) is -0.188. The first kappa shape index (κ1) is 25.0. The van der Waals surface area contributed by atoms with E-state index in [0.717, 1.165) is 0 Å². The van der Waals surface area contributed by atoms with Crippen molar-refractivity contribution in [3.63, 3.8) is 0 Å². The molecule has 0 aromatic carbocycles. The third kappa shape index (κ3) is 9.27. The van der Waals surface area contributed by atoms with Crippen LogP contribution in [0.4, 0.5) is 0 Å². The quantitative estimate of drug-likeness (QED) is 0.312. The van der Waals surface area contributed by atoms with E-state index < -0.39 is 0 Å². The van der Waals surface area contributed by atoms with E-state index in [1.54, 1.807) is 0 Å². The topological polar surface area (TPSA) is 9.23 Å². The number of hydrogen-bond donors (Lipinski definition) is 0. The Morgan fingerprint density at radius 2 is 1.75 bits per heavy atom. The van der Waals surface area contributed by atoms with E-state index in [2.05, 4.69) is 6.92 Å². The third-order valence-corrected chi connectivity index (χ3v) is 1.41. The molecular formula is C6H9BOWY3-2. The van der Waals surface area contributed by atoms with Crippen molar-refractivity contribution in [2.75, 3.05) is 0 Å². The van der Waals surface area contributed by atoms with Gasteiger partial charge in [-0.05, 0) is 0 Å². The predicted octanol–water partition coefficient (Wildman–Crippen LogP) is 0.544. The van der Waals surface area contributed by atoms with Gasteiger partial charge in [0, 0.05) is 119 Å². The fourth-order valence-corrected chi connectivity index (χ4v) is 0.794. The normalized spacial score (nSPS) is 31.7. The smallest absolute Gasteiger partial charge is 0.0623 e. The molecule has 3 unspecified atom stereocenters. The van der Waals surface area contributed by atoms with Crippen LogP contribution in [0.2, 0.25) is 0 Å². The van der Waals surface area contributed by atoms with Gasteiger partial charge in [0.05, 0.1) is 7.85 Å². The summed E-state index contributed by atoms with van der Waals surface area (Å²) < 4.78 is 5.08. The van der Waals surface area contributed by atoms with Gasteiger partial charge in [-0.1, -0.05) is 13.0 Å². The molecule has 1 rings (SSSR count). The molecule has 5 radical (unpaired) electrons. The van der Waals surface area contributed by atoms with Crippen molar-refractivity contribution in [3.05, 3.63) is 13.3 Å². The number of hydrogen-bond acceptors (Lipinski definition) is 1. The predicted molar refractivity (Wildman–Crippen MR) is 33.2 cm³/mol. The molecule has 3 atom stereocenters. The molecule has 59 valence electrons. The molecule has 0 aromatic heterocycles. The minimum absolute atomic E-state index is 0. The summed E-state index contributed by atoms with van der Waals surface area (Å²) in [5, 5.41) is 0. The Labute approximate surface area is 166 Å². The van der Waals surface area contributed by atoms with Crippen molar-refractivity contribution in [2.45, 2.75) is 19.0 Å². The van der Waals surface area contributed by atoms with Crippen LogP contribution >= 0.6 is 0 Å². The van der Waals surface area contributed by atoms with E-state index in [1.807, 2.05) is 13.3 Å². The van der Waals surface area contributed by atoms with Crippen molar-refractivity contribution in [2.24, 2.45) is 5.92 Å². The minimum Gasteiger partial charge on any atom is -0.450 e. The Morgan fingerprint density at radius 3 is 1.83 bits per heavy atom. The summed E-state index contributed by atoms with van der Waals surface area (Å²) in [5.74, 6) is 0.407. The SMILES string of the molecule is [B]C1[CH-]C(C)C([CH2-])O1.[W].[Y].[Y].[Y]. The average Bonchev–Trinajstić information content (AvgIpc) is 1.85. The van der Waals surface area contributed by atoms with Gasteiger partial charge in [0.1, 0.15) is 0 Å². The van der Waals surface area contributed by atoms with Gasteiger partial charge in [-0.15, -0.1) is 6.00 Å². The Hall–Kier alpha value is 4.02. The Kier molecular flexibility index (Phi) is 27.3. The second-order valence-electron chi connectivity index (χ2n) is 2.19. The molecule has 0 N–H and O–H groups in total. The van der Waals surface area contributed by atoms with Crippen LogP contribution in [0, 0.1) is 19.3 Å². The van der Waals surface area contributed by atoms with Gasteiger partial charge in [0.25, 0.3) is 0 Å². The summed E-state index contributed by atoms with van der Waals surface area (Å²) in [5.41, 5.74) is 0. The summed E-state index contributed by atoms with van der Waals surface area (Å²) in [6.07, 6.45) is 2.02. The van der Waals surface area contributed by atoms with E-state index in [-0.39, 0.29) is 131 Å². The zero-order valence-electron chi connectivity index (χ0n) is 7.14. The molecule has 0 saturated carbocycles. The second kappa shape index (κ2) is 13.1. The first-order valence-corrected chi connectivity index (χ1v) is 2.79. The zero-order chi connectivity index (χ0) is 6.15.